The van der Waals surface area contributed by atoms with Crippen LogP contribution in [0.5, 0.6) is 0 Å². The van der Waals surface area contributed by atoms with Gasteiger partial charge >= 0.3 is 0 Å². The summed E-state index contributed by atoms with van der Waals surface area (Å²) in [6, 6.07) is -1.38. The van der Waals surface area contributed by atoms with Gasteiger partial charge in [-0.15, -0.1) is 6.42 Å². The van der Waals surface area contributed by atoms with E-state index in [1.165, 1.54) is 0 Å². The lowest BCUT2D eigenvalue weighted by Gasteiger charge is -2.19. The van der Waals surface area contributed by atoms with Gasteiger partial charge in [-0.05, 0) is 0 Å². The van der Waals surface area contributed by atoms with Crippen molar-refractivity contribution in [3.8, 4) is 12.3 Å². The molecule has 1 aliphatic rings. The van der Waals surface area contributed by atoms with Crippen LogP contribution in [0.3, 0.4) is 0 Å². The maximum Gasteiger partial charge on any atom is 0.216 e. The van der Waals surface area contributed by atoms with Gasteiger partial charge in [0, 0.05) is 0 Å². The Morgan fingerprint density at radius 1 is 1.75 bits per heavy atom. The SMILES string of the molecule is [B][C@@H]1O[C@H](CO)C(O)C1(F)C#C. The van der Waals surface area contributed by atoms with E-state index in [-0.39, 0.29) is 0 Å². The molecule has 1 fully saturated rings. The molecule has 2 radical (unpaired) electrons. The second-order valence-electron chi connectivity index (χ2n) is 2.63. The third kappa shape index (κ3) is 1.12. The molecule has 1 saturated heterocycles. The Morgan fingerprint density at radius 3 is 2.58 bits per heavy atom. The van der Waals surface area contributed by atoms with Crippen LogP contribution in [0, 0.1) is 12.3 Å². The second-order valence-corrected chi connectivity index (χ2v) is 2.63. The van der Waals surface area contributed by atoms with E-state index in [0.717, 1.165) is 0 Å². The molecule has 0 bridgehead atoms. The van der Waals surface area contributed by atoms with Crippen molar-refractivity contribution in [2.24, 2.45) is 0 Å². The van der Waals surface area contributed by atoms with Crippen LogP contribution in [0.4, 0.5) is 4.39 Å². The van der Waals surface area contributed by atoms with E-state index in [0.29, 0.717) is 0 Å². The molecule has 12 heavy (non-hydrogen) atoms. The molecule has 2 N–H and O–H groups in total. The van der Waals surface area contributed by atoms with Gasteiger partial charge < -0.3 is 14.9 Å². The van der Waals surface area contributed by atoms with Gasteiger partial charge in [0.25, 0.3) is 0 Å². The van der Waals surface area contributed by atoms with Gasteiger partial charge in [0.15, 0.2) is 0 Å². The molecule has 0 aromatic carbocycles. The van der Waals surface area contributed by atoms with Crippen LogP contribution in [0.25, 0.3) is 0 Å². The maximum absolute atomic E-state index is 13.4. The molecule has 1 rings (SSSR count). The third-order valence-corrected chi connectivity index (χ3v) is 1.92. The summed E-state index contributed by atoms with van der Waals surface area (Å²) in [5.74, 6) is 1.73. The van der Waals surface area contributed by atoms with Crippen molar-refractivity contribution in [2.75, 3.05) is 6.61 Å². The average Bonchev–Trinajstić information content (AvgIpc) is 2.30. The Balaban J connectivity index is 2.85. The Bertz CT molecular complexity index is 217. The van der Waals surface area contributed by atoms with Crippen molar-refractivity contribution in [3.63, 3.8) is 0 Å². The highest BCUT2D eigenvalue weighted by atomic mass is 19.1. The highest BCUT2D eigenvalue weighted by Crippen LogP contribution is 2.32. The third-order valence-electron chi connectivity index (χ3n) is 1.92. The van der Waals surface area contributed by atoms with E-state index in [1.54, 1.807) is 5.92 Å². The Kier molecular flexibility index (Phi) is 2.42. The quantitative estimate of drug-likeness (QED) is 0.374. The summed E-state index contributed by atoms with van der Waals surface area (Å²) in [4.78, 5) is 0. The van der Waals surface area contributed by atoms with Crippen LogP contribution >= 0.6 is 0 Å². The topological polar surface area (TPSA) is 49.7 Å². The van der Waals surface area contributed by atoms with Gasteiger partial charge in [-0.25, -0.2) is 4.39 Å². The molecule has 64 valence electrons. The molecule has 0 saturated carbocycles. The minimum atomic E-state index is -2.40. The maximum atomic E-state index is 13.4. The summed E-state index contributed by atoms with van der Waals surface area (Å²) in [7, 11) is 5.17. The lowest BCUT2D eigenvalue weighted by atomic mass is 9.82. The second kappa shape index (κ2) is 3.06. The molecular formula is C7H8BFO3. The van der Waals surface area contributed by atoms with Crippen molar-refractivity contribution in [2.45, 2.75) is 23.9 Å². The minimum absolute atomic E-state index is 0.512. The fourth-order valence-corrected chi connectivity index (χ4v) is 1.11. The first-order chi connectivity index (χ1) is 5.56. The van der Waals surface area contributed by atoms with Crippen molar-refractivity contribution < 1.29 is 19.3 Å². The summed E-state index contributed by atoms with van der Waals surface area (Å²) in [5.41, 5.74) is -2.40. The van der Waals surface area contributed by atoms with Crippen LogP contribution in [-0.4, -0.2) is 48.5 Å². The van der Waals surface area contributed by atoms with Gasteiger partial charge in [0.05, 0.1) is 12.6 Å². The number of rotatable bonds is 1. The number of aliphatic hydroxyl groups excluding tert-OH is 2. The number of hydrogen-bond acceptors (Lipinski definition) is 3. The van der Waals surface area contributed by atoms with Crippen molar-refractivity contribution >= 4 is 7.85 Å². The zero-order valence-electron chi connectivity index (χ0n) is 6.27. The van der Waals surface area contributed by atoms with Crippen molar-refractivity contribution in [3.05, 3.63) is 0 Å². The summed E-state index contributed by atoms with van der Waals surface area (Å²) in [6.45, 7) is -0.512. The predicted octanol–water partition coefficient (Wildman–Crippen LogP) is -1.43. The fraction of sp³-hybridized carbons (Fsp3) is 0.714. The standard InChI is InChI=1S/C7H8BFO3/c1-2-7(9)5(11)4(3-10)12-6(7)8/h1,4-6,10-11H,3H2/t4-,5?,6-,7?/m1/s1. The van der Waals surface area contributed by atoms with Crippen LogP contribution in [-0.2, 0) is 4.74 Å². The number of halogens is 1. The molecule has 1 heterocycles. The number of terminal acetylenes is 1. The van der Waals surface area contributed by atoms with Gasteiger partial charge in [-0.3, -0.25) is 0 Å². The Hall–Kier alpha value is -0.565. The van der Waals surface area contributed by atoms with Gasteiger partial charge in [-0.2, -0.15) is 0 Å². The molecular weight excluding hydrogens is 162 g/mol. The highest BCUT2D eigenvalue weighted by Gasteiger charge is 2.53. The molecule has 4 atom stereocenters. The Labute approximate surface area is 70.9 Å². The van der Waals surface area contributed by atoms with Gasteiger partial charge in [0.1, 0.15) is 20.1 Å². The van der Waals surface area contributed by atoms with Crippen LogP contribution in [0.1, 0.15) is 0 Å². The van der Waals surface area contributed by atoms with E-state index < -0.39 is 30.5 Å². The zero-order chi connectivity index (χ0) is 9.35. The van der Waals surface area contributed by atoms with Crippen molar-refractivity contribution in [1.82, 2.24) is 0 Å². The molecule has 0 aromatic heterocycles. The van der Waals surface area contributed by atoms with Crippen molar-refractivity contribution in [1.29, 1.82) is 0 Å². The van der Waals surface area contributed by atoms with E-state index >= 15 is 0 Å². The first-order valence-electron chi connectivity index (χ1n) is 3.43. The van der Waals surface area contributed by atoms with Crippen LogP contribution in [0.2, 0.25) is 0 Å². The molecule has 5 heteroatoms. The summed E-state index contributed by atoms with van der Waals surface area (Å²) in [5, 5.41) is 17.8. The number of hydrogen-bond donors (Lipinski definition) is 2. The van der Waals surface area contributed by atoms with Crippen LogP contribution < -0.4 is 0 Å². The lowest BCUT2D eigenvalue weighted by Crippen LogP contribution is -2.43. The van der Waals surface area contributed by atoms with E-state index in [1.807, 2.05) is 0 Å². The van der Waals surface area contributed by atoms with E-state index in [9.17, 15) is 9.50 Å². The first kappa shape index (κ1) is 9.52. The molecule has 0 aliphatic carbocycles. The van der Waals surface area contributed by atoms with Gasteiger partial charge in [-0.1, -0.05) is 5.92 Å². The smallest absolute Gasteiger partial charge is 0.216 e. The largest absolute Gasteiger partial charge is 0.394 e. The van der Waals surface area contributed by atoms with E-state index in [2.05, 4.69) is 4.74 Å². The van der Waals surface area contributed by atoms with Gasteiger partial charge in [0.2, 0.25) is 5.67 Å². The number of aliphatic hydroxyl groups is 2. The molecule has 0 amide bonds. The summed E-state index contributed by atoms with van der Waals surface area (Å²) >= 11 is 0. The Morgan fingerprint density at radius 2 is 2.33 bits per heavy atom. The molecule has 3 nitrogen and oxygen atoms in total. The molecule has 2 unspecified atom stereocenters. The van der Waals surface area contributed by atoms with E-state index in [4.69, 9.17) is 19.4 Å². The predicted molar refractivity (Wildman–Crippen MR) is 40.2 cm³/mol. The first-order valence-corrected chi connectivity index (χ1v) is 3.43. The molecule has 0 spiro atoms. The normalized spacial score (nSPS) is 47.3. The molecule has 1 aliphatic heterocycles. The highest BCUT2D eigenvalue weighted by molar-refractivity contribution is 6.12. The number of alkyl halides is 1. The molecule has 0 aromatic rings. The summed E-state index contributed by atoms with van der Waals surface area (Å²) in [6.07, 6.45) is 2.23. The minimum Gasteiger partial charge on any atom is -0.394 e. The average molecular weight is 170 g/mol. The summed E-state index contributed by atoms with van der Waals surface area (Å²) < 4.78 is 18.1. The fourth-order valence-electron chi connectivity index (χ4n) is 1.11. The zero-order valence-corrected chi connectivity index (χ0v) is 6.27. The number of ether oxygens (including phenoxy) is 1. The monoisotopic (exact) mass is 170 g/mol. The lowest BCUT2D eigenvalue weighted by molar-refractivity contribution is -0.00797. The van der Waals surface area contributed by atoms with Crippen LogP contribution in [0.15, 0.2) is 0 Å².